The minimum absolute atomic E-state index is 0.0240. The zero-order valence-corrected chi connectivity index (χ0v) is 19.5. The molecule has 10 nitrogen and oxygen atoms in total. The molecule has 1 aliphatic heterocycles. The van der Waals surface area contributed by atoms with Crippen molar-refractivity contribution in [2.24, 2.45) is 5.73 Å². The van der Waals surface area contributed by atoms with Gasteiger partial charge < -0.3 is 20.3 Å². The van der Waals surface area contributed by atoms with Gasteiger partial charge in [0.25, 0.3) is 0 Å². The van der Waals surface area contributed by atoms with Crippen LogP contribution in [-0.4, -0.2) is 56.0 Å². The summed E-state index contributed by atoms with van der Waals surface area (Å²) in [5, 5.41) is 17.3. The molecule has 0 amide bonds. The number of aliphatic hydroxyl groups is 1. The van der Waals surface area contributed by atoms with E-state index in [1.165, 1.54) is 5.06 Å². The monoisotopic (exact) mass is 486 g/mol. The van der Waals surface area contributed by atoms with Crippen molar-refractivity contribution in [2.75, 3.05) is 20.0 Å². The summed E-state index contributed by atoms with van der Waals surface area (Å²) in [6, 6.07) is 11.4. The molecule has 1 aromatic carbocycles. The molecule has 3 N–H and O–H groups in total. The number of halogens is 1. The average molecular weight is 487 g/mol. The molecule has 2 unspecified atom stereocenters. The van der Waals surface area contributed by atoms with Crippen molar-refractivity contribution >= 4 is 11.6 Å². The highest BCUT2D eigenvalue weighted by atomic mass is 35.5. The largest absolute Gasteiger partial charge is 0.389 e. The quantitative estimate of drug-likeness (QED) is 0.470. The van der Waals surface area contributed by atoms with Gasteiger partial charge in [-0.1, -0.05) is 41.9 Å². The SMILES string of the molecule is Cc1nc(C(OCN2COC(c3ccccc3)O2)[C@@H](O)CN)n(-c2cc(Cl)cnc2C2CC2)n1. The zero-order chi connectivity index (χ0) is 23.7. The lowest BCUT2D eigenvalue weighted by atomic mass is 10.1. The predicted molar refractivity (Wildman–Crippen MR) is 123 cm³/mol. The highest BCUT2D eigenvalue weighted by Crippen LogP contribution is 2.42. The van der Waals surface area contributed by atoms with Gasteiger partial charge in [0.05, 0.1) is 22.5 Å². The van der Waals surface area contributed by atoms with Gasteiger partial charge >= 0.3 is 0 Å². The van der Waals surface area contributed by atoms with Crippen molar-refractivity contribution in [3.8, 4) is 5.69 Å². The van der Waals surface area contributed by atoms with Gasteiger partial charge in [0.1, 0.15) is 25.4 Å². The molecule has 3 heterocycles. The Morgan fingerprint density at radius 3 is 2.82 bits per heavy atom. The van der Waals surface area contributed by atoms with Crippen LogP contribution in [0.5, 0.6) is 0 Å². The third kappa shape index (κ3) is 4.98. The molecule has 0 radical (unpaired) electrons. The normalized spacial score (nSPS) is 20.5. The van der Waals surface area contributed by atoms with Crippen LogP contribution in [-0.2, 0) is 14.3 Å². The molecule has 2 fully saturated rings. The number of nitrogens with two attached hydrogens (primary N) is 1. The smallest absolute Gasteiger partial charge is 0.205 e. The third-order valence-corrected chi connectivity index (χ3v) is 5.93. The standard InChI is InChI=1S/C23H27ClN6O4/c1-14-27-22(30(28-14)18-9-17(24)11-26-20(18)15-7-8-15)21(19(31)10-25)32-12-29-13-33-23(34-29)16-5-3-2-4-6-16/h2-6,9,11,15,19,21,23,31H,7-8,10,12-13,25H2,1H3/t19-,21?,23?/m0/s1. The molecule has 34 heavy (non-hydrogen) atoms. The fraction of sp³-hybridized carbons (Fsp3) is 0.435. The van der Waals surface area contributed by atoms with Crippen molar-refractivity contribution in [2.45, 2.75) is 44.2 Å². The van der Waals surface area contributed by atoms with E-state index in [4.69, 9.17) is 31.6 Å². The van der Waals surface area contributed by atoms with Crippen molar-refractivity contribution in [3.63, 3.8) is 0 Å². The number of benzene rings is 1. The summed E-state index contributed by atoms with van der Waals surface area (Å²) in [6.45, 7) is 1.99. The Labute approximate surface area is 202 Å². The Kier molecular flexibility index (Phi) is 6.89. The van der Waals surface area contributed by atoms with E-state index in [9.17, 15) is 5.11 Å². The number of nitrogens with zero attached hydrogens (tertiary/aromatic N) is 5. The molecule has 5 rings (SSSR count). The van der Waals surface area contributed by atoms with Crippen molar-refractivity contribution in [1.82, 2.24) is 24.8 Å². The number of pyridine rings is 1. The highest BCUT2D eigenvalue weighted by molar-refractivity contribution is 6.30. The van der Waals surface area contributed by atoms with Gasteiger partial charge in [-0.05, 0) is 25.8 Å². The minimum Gasteiger partial charge on any atom is -0.389 e. The summed E-state index contributed by atoms with van der Waals surface area (Å²) < 4.78 is 13.5. The minimum atomic E-state index is -1.02. The van der Waals surface area contributed by atoms with Crippen LogP contribution in [0.25, 0.3) is 5.69 Å². The lowest BCUT2D eigenvalue weighted by molar-refractivity contribution is -0.221. The molecule has 0 spiro atoms. The van der Waals surface area contributed by atoms with E-state index in [2.05, 4.69) is 15.1 Å². The summed E-state index contributed by atoms with van der Waals surface area (Å²) in [6.07, 6.45) is 1.35. The molecule has 180 valence electrons. The van der Waals surface area contributed by atoms with Crippen LogP contribution < -0.4 is 5.73 Å². The van der Waals surface area contributed by atoms with Gasteiger partial charge in [0, 0.05) is 24.2 Å². The van der Waals surface area contributed by atoms with Crippen LogP contribution in [0.1, 0.15) is 54.1 Å². The van der Waals surface area contributed by atoms with Gasteiger partial charge in [-0.15, -0.1) is 5.06 Å². The van der Waals surface area contributed by atoms with Gasteiger partial charge in [-0.3, -0.25) is 9.82 Å². The van der Waals surface area contributed by atoms with Crippen molar-refractivity contribution in [1.29, 1.82) is 0 Å². The fourth-order valence-electron chi connectivity index (χ4n) is 3.90. The summed E-state index contributed by atoms with van der Waals surface area (Å²) in [5.41, 5.74) is 8.34. The molecule has 1 saturated carbocycles. The average Bonchev–Trinajstić information content (AvgIpc) is 3.46. The van der Waals surface area contributed by atoms with E-state index in [0.717, 1.165) is 29.8 Å². The maximum atomic E-state index is 10.7. The second-order valence-electron chi connectivity index (χ2n) is 8.41. The molecule has 1 saturated heterocycles. The molecule has 3 aromatic rings. The molecular formula is C23H27ClN6O4. The van der Waals surface area contributed by atoms with E-state index in [0.29, 0.717) is 22.6 Å². The number of aromatic nitrogens is 4. The summed E-state index contributed by atoms with van der Waals surface area (Å²) in [4.78, 5) is 15.0. The second-order valence-corrected chi connectivity index (χ2v) is 8.84. The fourth-order valence-corrected chi connectivity index (χ4v) is 4.05. The van der Waals surface area contributed by atoms with Crippen LogP contribution in [0, 0.1) is 6.92 Å². The Hall–Kier alpha value is -2.44. The molecular weight excluding hydrogens is 460 g/mol. The molecule has 3 atom stereocenters. The van der Waals surface area contributed by atoms with Crippen LogP contribution in [0.4, 0.5) is 0 Å². The Morgan fingerprint density at radius 1 is 1.29 bits per heavy atom. The number of hydroxylamine groups is 2. The topological polar surface area (TPSA) is 121 Å². The molecule has 2 aromatic heterocycles. The van der Waals surface area contributed by atoms with Crippen LogP contribution >= 0.6 is 11.6 Å². The molecule has 2 aliphatic rings. The van der Waals surface area contributed by atoms with Crippen molar-refractivity contribution < 1.29 is 19.4 Å². The van der Waals surface area contributed by atoms with E-state index in [-0.39, 0.29) is 20.0 Å². The lowest BCUT2D eigenvalue weighted by Crippen LogP contribution is -2.34. The number of aliphatic hydroxyl groups excluding tert-OH is 1. The summed E-state index contributed by atoms with van der Waals surface area (Å²) >= 11 is 6.27. The van der Waals surface area contributed by atoms with Gasteiger partial charge in [-0.25, -0.2) is 9.67 Å². The predicted octanol–water partition coefficient (Wildman–Crippen LogP) is 2.76. The number of ether oxygens (including phenoxy) is 2. The molecule has 0 bridgehead atoms. The van der Waals surface area contributed by atoms with E-state index in [1.807, 2.05) is 36.4 Å². The van der Waals surface area contributed by atoms with Crippen LogP contribution in [0.15, 0.2) is 42.6 Å². The van der Waals surface area contributed by atoms with Gasteiger partial charge in [0.2, 0.25) is 6.29 Å². The first kappa shape index (κ1) is 23.3. The Bertz CT molecular complexity index is 1130. The van der Waals surface area contributed by atoms with Gasteiger partial charge in [-0.2, -0.15) is 5.10 Å². The number of hydrogen-bond acceptors (Lipinski definition) is 9. The van der Waals surface area contributed by atoms with Crippen LogP contribution in [0.3, 0.4) is 0 Å². The molecule has 11 heteroatoms. The maximum absolute atomic E-state index is 10.7. The second kappa shape index (κ2) is 10.0. The zero-order valence-electron chi connectivity index (χ0n) is 18.7. The van der Waals surface area contributed by atoms with E-state index < -0.39 is 18.5 Å². The number of aryl methyl sites for hydroxylation is 1. The van der Waals surface area contributed by atoms with Crippen molar-refractivity contribution in [3.05, 3.63) is 70.5 Å². The third-order valence-electron chi connectivity index (χ3n) is 5.72. The summed E-state index contributed by atoms with van der Waals surface area (Å²) in [7, 11) is 0. The maximum Gasteiger partial charge on any atom is 0.205 e. The Morgan fingerprint density at radius 2 is 2.09 bits per heavy atom. The van der Waals surface area contributed by atoms with Gasteiger partial charge in [0.15, 0.2) is 5.82 Å². The summed E-state index contributed by atoms with van der Waals surface area (Å²) in [5.74, 6) is 1.30. The Balaban J connectivity index is 1.38. The first-order valence-electron chi connectivity index (χ1n) is 11.2. The van der Waals surface area contributed by atoms with E-state index in [1.54, 1.807) is 17.8 Å². The highest BCUT2D eigenvalue weighted by Gasteiger charge is 2.34. The van der Waals surface area contributed by atoms with Crippen LogP contribution in [0.2, 0.25) is 5.02 Å². The lowest BCUT2D eigenvalue weighted by Gasteiger charge is -2.24. The first-order valence-corrected chi connectivity index (χ1v) is 11.6. The number of hydrogen-bond donors (Lipinski definition) is 2. The first-order chi connectivity index (χ1) is 16.5. The number of rotatable bonds is 9. The molecule has 1 aliphatic carbocycles. The van der Waals surface area contributed by atoms with E-state index >= 15 is 0 Å².